The molecule has 24 heavy (non-hydrogen) atoms. The molecular weight excluding hydrogens is 331 g/mol. The van der Waals surface area contributed by atoms with Crippen LogP contribution in [0.15, 0.2) is 18.2 Å². The van der Waals surface area contributed by atoms with Crippen LogP contribution >= 0.6 is 11.6 Å². The standard InChI is InChI=1S/C18H22ClFN2O2/c1-12(2)21-9-3-7-18(17(21)24)8-4-10-22(18)16(23)13-5-6-15(20)14(19)11-13/h5-6,11-12H,3-4,7-10H2,1-2H3. The molecule has 0 bridgehead atoms. The van der Waals surface area contributed by atoms with Crippen LogP contribution in [0.5, 0.6) is 0 Å². The van der Waals surface area contributed by atoms with Crippen LogP contribution in [-0.4, -0.2) is 46.3 Å². The molecule has 0 radical (unpaired) electrons. The van der Waals surface area contributed by atoms with Crippen molar-refractivity contribution in [3.8, 4) is 0 Å². The van der Waals surface area contributed by atoms with Gasteiger partial charge in [-0.25, -0.2) is 4.39 Å². The highest BCUT2D eigenvalue weighted by atomic mass is 35.5. The fourth-order valence-electron chi connectivity index (χ4n) is 3.95. The predicted molar refractivity (Wildman–Crippen MR) is 90.5 cm³/mol. The molecule has 4 nitrogen and oxygen atoms in total. The van der Waals surface area contributed by atoms with Crippen LogP contribution < -0.4 is 0 Å². The largest absolute Gasteiger partial charge is 0.338 e. The molecule has 1 unspecified atom stereocenters. The monoisotopic (exact) mass is 352 g/mol. The molecule has 2 fully saturated rings. The first kappa shape index (κ1) is 17.2. The quantitative estimate of drug-likeness (QED) is 0.817. The fourth-order valence-corrected chi connectivity index (χ4v) is 4.13. The van der Waals surface area contributed by atoms with Gasteiger partial charge < -0.3 is 9.80 Å². The minimum Gasteiger partial charge on any atom is -0.338 e. The maximum Gasteiger partial charge on any atom is 0.254 e. The third kappa shape index (κ3) is 2.69. The fraction of sp³-hybridized carbons (Fsp3) is 0.556. The Bertz CT molecular complexity index is 679. The van der Waals surface area contributed by atoms with Crippen molar-refractivity contribution in [3.05, 3.63) is 34.6 Å². The first-order valence-electron chi connectivity index (χ1n) is 8.45. The maximum absolute atomic E-state index is 13.4. The van der Waals surface area contributed by atoms with E-state index in [2.05, 4.69) is 0 Å². The highest BCUT2D eigenvalue weighted by molar-refractivity contribution is 6.31. The Balaban J connectivity index is 1.93. The molecule has 2 aliphatic heterocycles. The van der Waals surface area contributed by atoms with Gasteiger partial charge in [-0.1, -0.05) is 11.6 Å². The van der Waals surface area contributed by atoms with Crippen molar-refractivity contribution in [1.82, 2.24) is 9.80 Å². The van der Waals surface area contributed by atoms with Crippen LogP contribution in [0.25, 0.3) is 0 Å². The number of carbonyl (C=O) groups excluding carboxylic acids is 2. The molecule has 2 amide bonds. The maximum atomic E-state index is 13.4. The molecule has 1 aromatic rings. The summed E-state index contributed by atoms with van der Waals surface area (Å²) < 4.78 is 13.4. The summed E-state index contributed by atoms with van der Waals surface area (Å²) in [6, 6.07) is 4.09. The Morgan fingerprint density at radius 2 is 1.92 bits per heavy atom. The van der Waals surface area contributed by atoms with Gasteiger partial charge in [-0.2, -0.15) is 0 Å². The van der Waals surface area contributed by atoms with E-state index in [0.717, 1.165) is 19.4 Å². The Labute approximate surface area is 146 Å². The summed E-state index contributed by atoms with van der Waals surface area (Å²) in [5, 5.41) is -0.0760. The molecule has 2 saturated heterocycles. The lowest BCUT2D eigenvalue weighted by Crippen LogP contribution is -2.62. The summed E-state index contributed by atoms with van der Waals surface area (Å²) in [5.74, 6) is -0.750. The van der Waals surface area contributed by atoms with Crippen LogP contribution in [0, 0.1) is 5.82 Å². The topological polar surface area (TPSA) is 40.6 Å². The van der Waals surface area contributed by atoms with E-state index < -0.39 is 11.4 Å². The van der Waals surface area contributed by atoms with E-state index >= 15 is 0 Å². The van der Waals surface area contributed by atoms with Gasteiger partial charge in [0.1, 0.15) is 11.4 Å². The Hall–Kier alpha value is -1.62. The molecule has 0 aromatic heterocycles. The molecular formula is C18H22ClFN2O2. The molecule has 2 heterocycles. The minimum atomic E-state index is -0.750. The van der Waals surface area contributed by atoms with Gasteiger partial charge in [0.15, 0.2) is 0 Å². The Morgan fingerprint density at radius 1 is 1.25 bits per heavy atom. The van der Waals surface area contributed by atoms with E-state index in [1.165, 1.54) is 18.2 Å². The summed E-state index contributed by atoms with van der Waals surface area (Å²) in [4.78, 5) is 29.6. The molecule has 0 aliphatic carbocycles. The number of hydrogen-bond acceptors (Lipinski definition) is 2. The highest BCUT2D eigenvalue weighted by Gasteiger charge is 2.53. The number of hydrogen-bond donors (Lipinski definition) is 0. The first-order valence-corrected chi connectivity index (χ1v) is 8.83. The van der Waals surface area contributed by atoms with E-state index in [9.17, 15) is 14.0 Å². The molecule has 130 valence electrons. The average molecular weight is 353 g/mol. The van der Waals surface area contributed by atoms with Crippen molar-refractivity contribution in [2.75, 3.05) is 13.1 Å². The summed E-state index contributed by atoms with van der Waals surface area (Å²) in [5.41, 5.74) is -0.419. The number of piperidine rings is 1. The third-order valence-electron chi connectivity index (χ3n) is 5.17. The van der Waals surface area contributed by atoms with Crippen LogP contribution in [0.3, 0.4) is 0 Å². The lowest BCUT2D eigenvalue weighted by atomic mass is 9.84. The normalized spacial score (nSPS) is 24.3. The number of nitrogens with zero attached hydrogens (tertiary/aromatic N) is 2. The number of benzene rings is 1. The van der Waals surface area contributed by atoms with Crippen molar-refractivity contribution < 1.29 is 14.0 Å². The molecule has 0 N–H and O–H groups in total. The van der Waals surface area contributed by atoms with Crippen molar-refractivity contribution in [1.29, 1.82) is 0 Å². The number of likely N-dealkylation sites (tertiary alicyclic amines) is 2. The zero-order chi connectivity index (χ0) is 17.5. The van der Waals surface area contributed by atoms with Gasteiger partial charge in [0.25, 0.3) is 5.91 Å². The molecule has 2 aliphatic rings. The van der Waals surface area contributed by atoms with Gasteiger partial charge >= 0.3 is 0 Å². The van der Waals surface area contributed by atoms with Crippen LogP contribution in [0.4, 0.5) is 4.39 Å². The summed E-state index contributed by atoms with van der Waals surface area (Å²) in [7, 11) is 0. The van der Waals surface area contributed by atoms with E-state index in [1.807, 2.05) is 18.7 Å². The second kappa shape index (κ2) is 6.36. The SMILES string of the molecule is CC(C)N1CCCC2(CCCN2C(=O)c2ccc(F)c(Cl)c2)C1=O. The molecule has 1 atom stereocenters. The van der Waals surface area contributed by atoms with Crippen LogP contribution in [0.2, 0.25) is 5.02 Å². The lowest BCUT2D eigenvalue weighted by Gasteiger charge is -2.46. The van der Waals surface area contributed by atoms with Gasteiger partial charge in [-0.15, -0.1) is 0 Å². The molecule has 1 aromatic carbocycles. The third-order valence-corrected chi connectivity index (χ3v) is 5.46. The summed E-state index contributed by atoms with van der Waals surface area (Å²) in [6.07, 6.45) is 3.07. The smallest absolute Gasteiger partial charge is 0.254 e. The minimum absolute atomic E-state index is 0.0443. The zero-order valence-electron chi connectivity index (χ0n) is 14.0. The number of carbonyl (C=O) groups is 2. The van der Waals surface area contributed by atoms with E-state index in [1.54, 1.807) is 4.90 Å². The second-order valence-corrected chi connectivity index (χ2v) is 7.32. The summed E-state index contributed by atoms with van der Waals surface area (Å²) in [6.45, 7) is 5.28. The zero-order valence-corrected chi connectivity index (χ0v) is 14.8. The van der Waals surface area contributed by atoms with Crippen molar-refractivity contribution in [2.45, 2.75) is 51.1 Å². The Morgan fingerprint density at radius 3 is 2.54 bits per heavy atom. The number of rotatable bonds is 2. The van der Waals surface area contributed by atoms with Crippen molar-refractivity contribution in [2.24, 2.45) is 0 Å². The van der Waals surface area contributed by atoms with Crippen LogP contribution in [0.1, 0.15) is 49.9 Å². The van der Waals surface area contributed by atoms with Gasteiger partial charge in [-0.05, 0) is 57.7 Å². The predicted octanol–water partition coefficient (Wildman–Crippen LogP) is 3.48. The Kier molecular flexibility index (Phi) is 4.56. The second-order valence-electron chi connectivity index (χ2n) is 6.92. The molecule has 3 rings (SSSR count). The van der Waals surface area contributed by atoms with Gasteiger partial charge in [0.2, 0.25) is 5.91 Å². The van der Waals surface area contributed by atoms with Crippen molar-refractivity contribution >= 4 is 23.4 Å². The van der Waals surface area contributed by atoms with Gasteiger partial charge in [0, 0.05) is 24.7 Å². The van der Waals surface area contributed by atoms with Gasteiger partial charge in [-0.3, -0.25) is 9.59 Å². The molecule has 0 saturated carbocycles. The van der Waals surface area contributed by atoms with Gasteiger partial charge in [0.05, 0.1) is 5.02 Å². The molecule has 6 heteroatoms. The van der Waals surface area contributed by atoms with Crippen molar-refractivity contribution in [3.63, 3.8) is 0 Å². The average Bonchev–Trinajstić information content (AvgIpc) is 2.96. The van der Waals surface area contributed by atoms with E-state index in [-0.39, 0.29) is 22.9 Å². The number of amides is 2. The highest BCUT2D eigenvalue weighted by Crippen LogP contribution is 2.39. The summed E-state index contributed by atoms with van der Waals surface area (Å²) >= 11 is 5.81. The molecule has 1 spiro atoms. The lowest BCUT2D eigenvalue weighted by molar-refractivity contribution is -0.147. The van der Waals surface area contributed by atoms with E-state index in [0.29, 0.717) is 24.9 Å². The van der Waals surface area contributed by atoms with E-state index in [4.69, 9.17) is 11.6 Å². The van der Waals surface area contributed by atoms with Crippen LogP contribution in [-0.2, 0) is 4.79 Å². The first-order chi connectivity index (χ1) is 11.4. The number of halogens is 2.